The Morgan fingerprint density at radius 3 is 2.39 bits per heavy atom. The molecule has 1 N–H and O–H groups in total. The van der Waals surface area contributed by atoms with Gasteiger partial charge in [-0.1, -0.05) is 18.2 Å². The fourth-order valence-corrected chi connectivity index (χ4v) is 2.68. The molecule has 0 saturated carbocycles. The molecule has 2 amide bonds. The number of anilines is 1. The van der Waals surface area contributed by atoms with E-state index in [0.29, 0.717) is 28.5 Å². The monoisotopic (exact) mass is 380 g/mol. The molecule has 3 rings (SSSR count). The maximum absolute atomic E-state index is 12.6. The third-order valence-electron chi connectivity index (χ3n) is 4.19. The van der Waals surface area contributed by atoms with Crippen LogP contribution in [0.3, 0.4) is 0 Å². The van der Waals surface area contributed by atoms with Gasteiger partial charge in [0.1, 0.15) is 17.4 Å². The number of carbonyl (C=O) groups excluding carboxylic acids is 2. The highest BCUT2D eigenvalue weighted by molar-refractivity contribution is 6.23. The number of methoxy groups -OCH3 is 2. The molecule has 2 aromatic rings. The number of carbonyl (C=O) groups is 2. The molecule has 0 radical (unpaired) electrons. The van der Waals surface area contributed by atoms with Gasteiger partial charge in [0.15, 0.2) is 0 Å². The van der Waals surface area contributed by atoms with Crippen molar-refractivity contribution in [1.29, 1.82) is 0 Å². The molecule has 0 fully saturated rings. The number of hydrogen-bond donors (Lipinski definition) is 1. The molecular weight excluding hydrogens is 360 g/mol. The highest BCUT2D eigenvalue weighted by atomic mass is 16.5. The van der Waals surface area contributed by atoms with Crippen LogP contribution in [0.2, 0.25) is 0 Å². The number of nitrogens with zero attached hydrogens (tertiary/aromatic N) is 3. The van der Waals surface area contributed by atoms with Gasteiger partial charge in [-0.15, -0.1) is 0 Å². The summed E-state index contributed by atoms with van der Waals surface area (Å²) in [5, 5.41) is 9.56. The summed E-state index contributed by atoms with van der Waals surface area (Å²) in [6.45, 7) is 1.74. The van der Waals surface area contributed by atoms with Crippen LogP contribution in [0.25, 0.3) is 0 Å². The van der Waals surface area contributed by atoms with Gasteiger partial charge in [0, 0.05) is 17.8 Å². The maximum Gasteiger partial charge on any atom is 0.271 e. The molecule has 0 saturated heterocycles. The highest BCUT2D eigenvalue weighted by Crippen LogP contribution is 2.23. The molecule has 0 bridgehead atoms. The minimum atomic E-state index is -0.639. The van der Waals surface area contributed by atoms with Crippen LogP contribution in [0.15, 0.2) is 58.7 Å². The molecule has 2 aromatic carbocycles. The van der Waals surface area contributed by atoms with E-state index >= 15 is 0 Å². The van der Waals surface area contributed by atoms with Crippen LogP contribution < -0.4 is 19.9 Å². The molecular formula is C20H20N4O4. The summed E-state index contributed by atoms with van der Waals surface area (Å²) in [5.74, 6) is -0.347. The van der Waals surface area contributed by atoms with Crippen molar-refractivity contribution in [3.05, 3.63) is 54.1 Å². The van der Waals surface area contributed by atoms with Crippen molar-refractivity contribution in [3.63, 3.8) is 0 Å². The molecule has 0 unspecified atom stereocenters. The Balaban J connectivity index is 1.69. The smallest absolute Gasteiger partial charge is 0.271 e. The largest absolute Gasteiger partial charge is 0.497 e. The zero-order valence-corrected chi connectivity index (χ0v) is 15.7. The summed E-state index contributed by atoms with van der Waals surface area (Å²) < 4.78 is 10.3. The lowest BCUT2D eigenvalue weighted by Crippen LogP contribution is -2.29. The normalized spacial score (nSPS) is 16.2. The van der Waals surface area contributed by atoms with E-state index in [1.807, 2.05) is 18.2 Å². The van der Waals surface area contributed by atoms with Gasteiger partial charge in [0.25, 0.3) is 11.8 Å². The fourth-order valence-electron chi connectivity index (χ4n) is 2.68. The number of para-hydroxylation sites is 1. The first-order chi connectivity index (χ1) is 13.5. The molecule has 1 heterocycles. The van der Waals surface area contributed by atoms with Gasteiger partial charge in [0.05, 0.1) is 25.6 Å². The topological polar surface area (TPSA) is 92.6 Å². The van der Waals surface area contributed by atoms with E-state index in [2.05, 4.69) is 15.6 Å². The van der Waals surface area contributed by atoms with E-state index in [-0.39, 0.29) is 5.91 Å². The number of benzene rings is 2. The molecule has 0 aliphatic carbocycles. The van der Waals surface area contributed by atoms with Gasteiger partial charge in [-0.05, 0) is 31.2 Å². The van der Waals surface area contributed by atoms with Crippen molar-refractivity contribution in [2.75, 3.05) is 19.2 Å². The lowest BCUT2D eigenvalue weighted by molar-refractivity contribution is -0.118. The second-order valence-corrected chi connectivity index (χ2v) is 6.03. The predicted molar refractivity (Wildman–Crippen MR) is 106 cm³/mol. The molecule has 8 nitrogen and oxygen atoms in total. The highest BCUT2D eigenvalue weighted by Gasteiger charge is 2.33. The molecule has 1 aliphatic rings. The van der Waals surface area contributed by atoms with Crippen molar-refractivity contribution < 1.29 is 19.1 Å². The van der Waals surface area contributed by atoms with Gasteiger partial charge >= 0.3 is 0 Å². The van der Waals surface area contributed by atoms with Crippen molar-refractivity contribution >= 4 is 29.4 Å². The number of amides is 2. The van der Waals surface area contributed by atoms with E-state index in [4.69, 9.17) is 9.47 Å². The Morgan fingerprint density at radius 1 is 1.14 bits per heavy atom. The van der Waals surface area contributed by atoms with E-state index in [0.717, 1.165) is 0 Å². The molecule has 0 aromatic heterocycles. The third kappa shape index (κ3) is 4.01. The Morgan fingerprint density at radius 2 is 1.79 bits per heavy atom. The summed E-state index contributed by atoms with van der Waals surface area (Å²) in [6.07, 6.45) is 1.37. The summed E-state index contributed by atoms with van der Waals surface area (Å²) in [6, 6.07) is 13.9. The van der Waals surface area contributed by atoms with E-state index in [9.17, 15) is 9.59 Å². The van der Waals surface area contributed by atoms with Crippen LogP contribution >= 0.6 is 0 Å². The van der Waals surface area contributed by atoms with Crippen LogP contribution in [-0.2, 0) is 4.79 Å². The third-order valence-corrected chi connectivity index (χ3v) is 4.19. The zero-order valence-electron chi connectivity index (χ0n) is 15.7. The van der Waals surface area contributed by atoms with Crippen LogP contribution in [0.5, 0.6) is 11.5 Å². The molecule has 144 valence electrons. The summed E-state index contributed by atoms with van der Waals surface area (Å²) in [7, 11) is 3.00. The van der Waals surface area contributed by atoms with E-state index in [1.165, 1.54) is 25.4 Å². The average Bonchev–Trinajstić information content (AvgIpc) is 3.02. The Labute approximate surface area is 162 Å². The minimum absolute atomic E-state index is 0.232. The van der Waals surface area contributed by atoms with Gasteiger partial charge in [-0.2, -0.15) is 15.2 Å². The van der Waals surface area contributed by atoms with Crippen LogP contribution in [-0.4, -0.2) is 38.0 Å². The van der Waals surface area contributed by atoms with E-state index < -0.39 is 11.8 Å². The average molecular weight is 380 g/mol. The lowest BCUT2D eigenvalue weighted by atomic mass is 10.1. The second-order valence-electron chi connectivity index (χ2n) is 6.03. The minimum Gasteiger partial charge on any atom is -0.497 e. The molecule has 8 heteroatoms. The van der Waals surface area contributed by atoms with Crippen LogP contribution in [0, 0.1) is 5.92 Å². The van der Waals surface area contributed by atoms with Crippen molar-refractivity contribution in [2.45, 2.75) is 6.92 Å². The Kier molecular flexibility index (Phi) is 5.69. The summed E-state index contributed by atoms with van der Waals surface area (Å²) in [4.78, 5) is 24.9. The van der Waals surface area contributed by atoms with Crippen LogP contribution in [0.4, 0.5) is 5.69 Å². The first kappa shape index (κ1) is 19.1. The summed E-state index contributed by atoms with van der Waals surface area (Å²) >= 11 is 0. The zero-order chi connectivity index (χ0) is 20.1. The van der Waals surface area contributed by atoms with Crippen molar-refractivity contribution in [1.82, 2.24) is 5.43 Å². The quantitative estimate of drug-likeness (QED) is 0.615. The molecule has 1 aliphatic heterocycles. The maximum atomic E-state index is 12.6. The van der Waals surface area contributed by atoms with Crippen molar-refractivity contribution in [2.24, 2.45) is 16.1 Å². The SMILES string of the molecule is COc1cc(OC)cc(C(=O)N/N=C/[C@@H]2C(=O)N(c3ccccc3)N=C2C)c1. The predicted octanol–water partition coefficient (Wildman–Crippen LogP) is 2.46. The fraction of sp³-hybridized carbons (Fsp3) is 0.200. The van der Waals surface area contributed by atoms with Crippen LogP contribution in [0.1, 0.15) is 17.3 Å². The summed E-state index contributed by atoms with van der Waals surface area (Å²) in [5.41, 5.74) is 4.01. The van der Waals surface area contributed by atoms with Gasteiger partial charge in [-0.25, -0.2) is 5.43 Å². The standard InChI is InChI=1S/C20H20N4O4/c1-13-18(20(26)24(23-13)15-7-5-4-6-8-15)12-21-22-19(25)14-9-16(27-2)11-17(10-14)28-3/h4-12,18H,1-3H3,(H,22,25)/b21-12+/t18-/m0/s1. The Hall–Kier alpha value is -3.68. The number of hydrazone groups is 2. The lowest BCUT2D eigenvalue weighted by Gasteiger charge is -2.12. The first-order valence-corrected chi connectivity index (χ1v) is 8.54. The van der Waals surface area contributed by atoms with Gasteiger partial charge in [0.2, 0.25) is 0 Å². The molecule has 28 heavy (non-hydrogen) atoms. The Bertz CT molecular complexity index is 918. The van der Waals surface area contributed by atoms with Gasteiger partial charge < -0.3 is 9.47 Å². The number of ether oxygens (including phenoxy) is 2. The van der Waals surface area contributed by atoms with Crippen molar-refractivity contribution in [3.8, 4) is 11.5 Å². The number of rotatable bonds is 6. The second kappa shape index (κ2) is 8.34. The molecule has 0 spiro atoms. The van der Waals surface area contributed by atoms with Gasteiger partial charge in [-0.3, -0.25) is 9.59 Å². The van der Waals surface area contributed by atoms with E-state index in [1.54, 1.807) is 37.3 Å². The number of hydrogen-bond acceptors (Lipinski definition) is 6. The number of nitrogens with one attached hydrogen (secondary N) is 1. The first-order valence-electron chi connectivity index (χ1n) is 8.54. The molecule has 1 atom stereocenters.